The molecule has 1 rings (SSSR count). The monoisotopic (exact) mass is 216 g/mol. The van der Waals surface area contributed by atoms with Gasteiger partial charge in [-0.3, -0.25) is 0 Å². The maximum atomic E-state index is 5.57. The highest BCUT2D eigenvalue weighted by Crippen LogP contribution is 2.11. The Bertz CT molecular complexity index is 347. The van der Waals surface area contributed by atoms with Gasteiger partial charge in [0.05, 0.1) is 0 Å². The van der Waals surface area contributed by atoms with Crippen LogP contribution in [0.2, 0.25) is 0 Å². The number of hydrogen-bond donors (Lipinski definition) is 0. The van der Waals surface area contributed by atoms with Crippen LogP contribution in [0.3, 0.4) is 0 Å². The predicted molar refractivity (Wildman–Crippen MR) is 69.7 cm³/mol. The van der Waals surface area contributed by atoms with Crippen LogP contribution in [0.15, 0.2) is 54.1 Å². The summed E-state index contributed by atoms with van der Waals surface area (Å²) in [5.74, 6) is 1.48. The van der Waals surface area contributed by atoms with Crippen molar-refractivity contribution >= 4 is 0 Å². The number of ether oxygens (including phenoxy) is 1. The topological polar surface area (TPSA) is 9.23 Å². The van der Waals surface area contributed by atoms with Gasteiger partial charge >= 0.3 is 0 Å². The Morgan fingerprint density at radius 3 is 2.50 bits per heavy atom. The third-order valence-electron chi connectivity index (χ3n) is 2.40. The minimum Gasteiger partial charge on any atom is -0.490 e. The van der Waals surface area contributed by atoms with Crippen LogP contribution >= 0.6 is 0 Å². The van der Waals surface area contributed by atoms with E-state index in [0.29, 0.717) is 12.5 Å². The van der Waals surface area contributed by atoms with Crippen molar-refractivity contribution in [2.24, 2.45) is 5.92 Å². The lowest BCUT2D eigenvalue weighted by atomic mass is 10.0. The second-order valence-corrected chi connectivity index (χ2v) is 3.97. The molecule has 86 valence electrons. The van der Waals surface area contributed by atoms with Gasteiger partial charge in [-0.1, -0.05) is 44.2 Å². The van der Waals surface area contributed by atoms with Crippen molar-refractivity contribution < 1.29 is 4.74 Å². The Morgan fingerprint density at radius 1 is 1.25 bits per heavy atom. The summed E-state index contributed by atoms with van der Waals surface area (Å²) in [5, 5.41) is 0. The molecule has 0 N–H and O–H groups in total. The van der Waals surface area contributed by atoms with E-state index in [9.17, 15) is 0 Å². The molecule has 0 atom stereocenters. The molecule has 0 saturated heterocycles. The Kier molecular flexibility index (Phi) is 5.41. The van der Waals surface area contributed by atoms with E-state index in [1.165, 1.54) is 5.57 Å². The minimum absolute atomic E-state index is 0.568. The normalized spacial score (nSPS) is 12.4. The minimum atomic E-state index is 0.568. The summed E-state index contributed by atoms with van der Waals surface area (Å²) in [6.45, 7) is 7.07. The summed E-state index contributed by atoms with van der Waals surface area (Å²) in [7, 11) is 0. The zero-order valence-corrected chi connectivity index (χ0v) is 10.3. The third-order valence-corrected chi connectivity index (χ3v) is 2.40. The number of rotatable bonds is 5. The van der Waals surface area contributed by atoms with E-state index in [-0.39, 0.29) is 0 Å². The van der Waals surface area contributed by atoms with Crippen LogP contribution in [0.1, 0.15) is 20.8 Å². The molecule has 1 aromatic rings. The molecule has 0 aliphatic carbocycles. The van der Waals surface area contributed by atoms with Gasteiger partial charge in [0.15, 0.2) is 0 Å². The van der Waals surface area contributed by atoms with Crippen molar-refractivity contribution in [1.82, 2.24) is 0 Å². The van der Waals surface area contributed by atoms with Crippen molar-refractivity contribution in [3.63, 3.8) is 0 Å². The molecule has 0 unspecified atom stereocenters. The lowest BCUT2D eigenvalue weighted by molar-refractivity contribution is 0.363. The van der Waals surface area contributed by atoms with Crippen molar-refractivity contribution in [1.29, 1.82) is 0 Å². The van der Waals surface area contributed by atoms with Gasteiger partial charge in [-0.15, -0.1) is 0 Å². The lowest BCUT2D eigenvalue weighted by Gasteiger charge is -2.05. The summed E-state index contributed by atoms with van der Waals surface area (Å²) >= 11 is 0. The van der Waals surface area contributed by atoms with E-state index in [4.69, 9.17) is 4.74 Å². The van der Waals surface area contributed by atoms with E-state index in [1.54, 1.807) is 0 Å². The first-order valence-electron chi connectivity index (χ1n) is 5.74. The number of benzene rings is 1. The van der Waals surface area contributed by atoms with Crippen LogP contribution in [0.4, 0.5) is 0 Å². The number of allylic oxidation sites excluding steroid dienone is 3. The predicted octanol–water partition coefficient (Wildman–Crippen LogP) is 4.22. The molecule has 0 fully saturated rings. The molecular formula is C15H20O. The second kappa shape index (κ2) is 6.89. The first kappa shape index (κ1) is 12.6. The highest BCUT2D eigenvalue weighted by Gasteiger charge is 1.96. The first-order chi connectivity index (χ1) is 7.74. The van der Waals surface area contributed by atoms with Gasteiger partial charge < -0.3 is 4.74 Å². The van der Waals surface area contributed by atoms with Gasteiger partial charge in [0.25, 0.3) is 0 Å². The van der Waals surface area contributed by atoms with E-state index < -0.39 is 0 Å². The fourth-order valence-electron chi connectivity index (χ4n) is 1.47. The summed E-state index contributed by atoms with van der Waals surface area (Å²) in [6, 6.07) is 9.87. The molecule has 0 spiro atoms. The van der Waals surface area contributed by atoms with E-state index in [1.807, 2.05) is 30.3 Å². The van der Waals surface area contributed by atoms with Crippen LogP contribution in [-0.4, -0.2) is 6.61 Å². The second-order valence-electron chi connectivity index (χ2n) is 3.97. The molecular weight excluding hydrogens is 196 g/mol. The molecule has 16 heavy (non-hydrogen) atoms. The maximum Gasteiger partial charge on any atom is 0.119 e. The standard InChI is InChI=1S/C15H20O/c1-4-14(13(2)3)9-8-12-16-15-10-6-5-7-11-15/h4-11,13H,12H2,1-3H3/b9-8-,14-4+. The van der Waals surface area contributed by atoms with Crippen molar-refractivity contribution in [3.8, 4) is 5.75 Å². The van der Waals surface area contributed by atoms with Crippen LogP contribution in [0, 0.1) is 5.92 Å². The first-order valence-corrected chi connectivity index (χ1v) is 5.74. The maximum absolute atomic E-state index is 5.57. The van der Waals surface area contributed by atoms with Gasteiger partial charge in [-0.2, -0.15) is 0 Å². The molecule has 0 aliphatic rings. The smallest absolute Gasteiger partial charge is 0.119 e. The van der Waals surface area contributed by atoms with Gasteiger partial charge in [0.1, 0.15) is 12.4 Å². The number of hydrogen-bond acceptors (Lipinski definition) is 1. The van der Waals surface area contributed by atoms with Crippen LogP contribution < -0.4 is 4.74 Å². The molecule has 1 nitrogen and oxygen atoms in total. The molecule has 0 aliphatic heterocycles. The summed E-state index contributed by atoms with van der Waals surface area (Å²) in [5.41, 5.74) is 1.34. The van der Waals surface area contributed by atoms with Crippen molar-refractivity contribution in [3.05, 3.63) is 54.1 Å². The van der Waals surface area contributed by atoms with Gasteiger partial charge in [-0.25, -0.2) is 0 Å². The Balaban J connectivity index is 2.38. The molecule has 1 heteroatoms. The molecule has 0 amide bonds. The molecule has 1 aromatic carbocycles. The molecule has 0 saturated carbocycles. The van der Waals surface area contributed by atoms with Crippen LogP contribution in [0.5, 0.6) is 5.75 Å². The molecule has 0 bridgehead atoms. The molecule has 0 radical (unpaired) electrons. The average molecular weight is 216 g/mol. The van der Waals surface area contributed by atoms with Gasteiger partial charge in [0.2, 0.25) is 0 Å². The van der Waals surface area contributed by atoms with E-state index >= 15 is 0 Å². The largest absolute Gasteiger partial charge is 0.490 e. The van der Waals surface area contributed by atoms with Crippen molar-refractivity contribution in [2.45, 2.75) is 20.8 Å². The quantitative estimate of drug-likeness (QED) is 0.669. The van der Waals surface area contributed by atoms with E-state index in [2.05, 4.69) is 39.0 Å². The average Bonchev–Trinajstić information content (AvgIpc) is 2.30. The fourth-order valence-corrected chi connectivity index (χ4v) is 1.47. The SMILES string of the molecule is C/C=C(\C=C/COc1ccccc1)C(C)C. The summed E-state index contributed by atoms with van der Waals surface area (Å²) in [4.78, 5) is 0. The summed E-state index contributed by atoms with van der Waals surface area (Å²) in [6.07, 6.45) is 6.33. The van der Waals surface area contributed by atoms with Crippen LogP contribution in [-0.2, 0) is 0 Å². The zero-order chi connectivity index (χ0) is 11.8. The van der Waals surface area contributed by atoms with Gasteiger partial charge in [0, 0.05) is 0 Å². The Hall–Kier alpha value is -1.50. The Labute approximate surface area is 98.5 Å². The van der Waals surface area contributed by atoms with E-state index in [0.717, 1.165) is 5.75 Å². The lowest BCUT2D eigenvalue weighted by Crippen LogP contribution is -1.94. The summed E-state index contributed by atoms with van der Waals surface area (Å²) < 4.78 is 5.57. The number of para-hydroxylation sites is 1. The van der Waals surface area contributed by atoms with Gasteiger partial charge in [-0.05, 0) is 36.6 Å². The zero-order valence-electron chi connectivity index (χ0n) is 10.3. The highest BCUT2D eigenvalue weighted by atomic mass is 16.5. The molecule has 0 heterocycles. The van der Waals surface area contributed by atoms with Crippen LogP contribution in [0.25, 0.3) is 0 Å². The highest BCUT2D eigenvalue weighted by molar-refractivity contribution is 5.22. The van der Waals surface area contributed by atoms with Crippen molar-refractivity contribution in [2.75, 3.05) is 6.61 Å². The fraction of sp³-hybridized carbons (Fsp3) is 0.333. The Morgan fingerprint density at radius 2 is 1.94 bits per heavy atom. The molecule has 0 aromatic heterocycles. The third kappa shape index (κ3) is 4.35.